The fourth-order valence-electron chi connectivity index (χ4n) is 4.89. The highest BCUT2D eigenvalue weighted by Crippen LogP contribution is 2.46. The number of nitrogens with zero attached hydrogens (tertiary/aromatic N) is 4. The van der Waals surface area contributed by atoms with Gasteiger partial charge in [-0.3, -0.25) is 14.4 Å². The second-order valence-corrected chi connectivity index (χ2v) is 8.60. The van der Waals surface area contributed by atoms with Gasteiger partial charge in [-0.1, -0.05) is 0 Å². The molecule has 0 bridgehead atoms. The summed E-state index contributed by atoms with van der Waals surface area (Å²) in [5, 5.41) is 5.02. The van der Waals surface area contributed by atoms with Crippen LogP contribution in [-0.4, -0.2) is 49.6 Å². The number of halogens is 2. The number of aromatic amines is 1. The third-order valence-corrected chi connectivity index (χ3v) is 6.81. The smallest absolute Gasteiger partial charge is 0.272 e. The van der Waals surface area contributed by atoms with Crippen LogP contribution in [0.15, 0.2) is 18.2 Å². The SMILES string of the molecule is CN1C(=O)c2c3c(nn2CC12CC2)CCN(Cc1cc2c(F)c(F)ccc2[nH]1)C3. The van der Waals surface area contributed by atoms with Crippen molar-refractivity contribution >= 4 is 16.8 Å². The Bertz CT molecular complexity index is 1180. The Balaban J connectivity index is 1.29. The van der Waals surface area contributed by atoms with Gasteiger partial charge in [-0.25, -0.2) is 8.78 Å². The van der Waals surface area contributed by atoms with Gasteiger partial charge in [0.1, 0.15) is 5.69 Å². The highest BCUT2D eigenvalue weighted by Gasteiger charge is 2.53. The molecule has 0 unspecified atom stereocenters. The molecule has 6 nitrogen and oxygen atoms in total. The summed E-state index contributed by atoms with van der Waals surface area (Å²) in [6.07, 6.45) is 2.87. The number of carbonyl (C=O) groups is 1. The van der Waals surface area contributed by atoms with Gasteiger partial charge in [0.2, 0.25) is 0 Å². The van der Waals surface area contributed by atoms with E-state index in [0.717, 1.165) is 61.1 Å². The van der Waals surface area contributed by atoms with Crippen molar-refractivity contribution in [2.45, 2.75) is 44.4 Å². The molecule has 3 aliphatic rings. The van der Waals surface area contributed by atoms with Crippen LogP contribution in [-0.2, 0) is 26.1 Å². The minimum absolute atomic E-state index is 0.0257. The maximum Gasteiger partial charge on any atom is 0.272 e. The van der Waals surface area contributed by atoms with E-state index in [1.807, 2.05) is 16.6 Å². The van der Waals surface area contributed by atoms with Crippen LogP contribution >= 0.6 is 0 Å². The van der Waals surface area contributed by atoms with E-state index < -0.39 is 11.6 Å². The molecule has 0 radical (unpaired) electrons. The fourth-order valence-corrected chi connectivity index (χ4v) is 4.89. The molecule has 1 spiro atoms. The lowest BCUT2D eigenvalue weighted by Crippen LogP contribution is -2.48. The first kappa shape index (κ1) is 17.1. The van der Waals surface area contributed by atoms with Crippen LogP contribution in [0.2, 0.25) is 0 Å². The number of hydrogen-bond donors (Lipinski definition) is 1. The Labute approximate surface area is 166 Å². The minimum atomic E-state index is -0.840. The Morgan fingerprint density at radius 1 is 1.28 bits per heavy atom. The van der Waals surface area contributed by atoms with Gasteiger partial charge in [-0.2, -0.15) is 5.10 Å². The summed E-state index contributed by atoms with van der Waals surface area (Å²) in [4.78, 5) is 20.3. The first-order valence-corrected chi connectivity index (χ1v) is 10.00. The molecule has 3 aromatic rings. The highest BCUT2D eigenvalue weighted by atomic mass is 19.2. The zero-order valence-electron chi connectivity index (χ0n) is 16.1. The van der Waals surface area contributed by atoms with E-state index in [1.165, 1.54) is 0 Å². The van der Waals surface area contributed by atoms with Crippen molar-refractivity contribution in [2.75, 3.05) is 13.6 Å². The molecular formula is C21H21F2N5O. The molecule has 8 heteroatoms. The van der Waals surface area contributed by atoms with Crippen LogP contribution in [0.25, 0.3) is 10.9 Å². The van der Waals surface area contributed by atoms with E-state index in [0.29, 0.717) is 18.6 Å². The van der Waals surface area contributed by atoms with E-state index >= 15 is 0 Å². The first-order chi connectivity index (χ1) is 13.9. The van der Waals surface area contributed by atoms with Crippen LogP contribution < -0.4 is 0 Å². The number of amides is 1. The summed E-state index contributed by atoms with van der Waals surface area (Å²) in [7, 11) is 1.90. The van der Waals surface area contributed by atoms with Crippen LogP contribution in [0.1, 0.15) is 40.3 Å². The lowest BCUT2D eigenvalue weighted by Gasteiger charge is -2.34. The molecule has 0 saturated heterocycles. The minimum Gasteiger partial charge on any atom is -0.357 e. The molecule has 1 saturated carbocycles. The number of carbonyl (C=O) groups excluding carboxylic acids is 1. The molecule has 1 aliphatic carbocycles. The van der Waals surface area contributed by atoms with Gasteiger partial charge >= 0.3 is 0 Å². The van der Waals surface area contributed by atoms with Crippen LogP contribution in [0.5, 0.6) is 0 Å². The Hall–Kier alpha value is -2.74. The summed E-state index contributed by atoms with van der Waals surface area (Å²) in [6, 6.07) is 4.37. The largest absolute Gasteiger partial charge is 0.357 e. The number of likely N-dealkylation sites (N-methyl/N-ethyl adjacent to an activating group) is 1. The molecule has 1 N–H and O–H groups in total. The van der Waals surface area contributed by atoms with Gasteiger partial charge < -0.3 is 9.88 Å². The molecule has 2 aliphatic heterocycles. The van der Waals surface area contributed by atoms with E-state index in [1.54, 1.807) is 12.1 Å². The van der Waals surface area contributed by atoms with Gasteiger partial charge in [0, 0.05) is 55.3 Å². The Morgan fingerprint density at radius 2 is 2.10 bits per heavy atom. The third-order valence-electron chi connectivity index (χ3n) is 6.81. The van der Waals surface area contributed by atoms with Crippen molar-refractivity contribution < 1.29 is 13.6 Å². The van der Waals surface area contributed by atoms with Crippen LogP contribution in [0.3, 0.4) is 0 Å². The Morgan fingerprint density at radius 3 is 2.90 bits per heavy atom. The van der Waals surface area contributed by atoms with Gasteiger partial charge in [0.05, 0.1) is 17.8 Å². The number of nitrogens with one attached hydrogen (secondary N) is 1. The van der Waals surface area contributed by atoms with Crippen LogP contribution in [0.4, 0.5) is 8.78 Å². The fraction of sp³-hybridized carbons (Fsp3) is 0.429. The normalized spacial score (nSPS) is 20.4. The van der Waals surface area contributed by atoms with E-state index in [-0.39, 0.29) is 16.8 Å². The van der Waals surface area contributed by atoms with E-state index in [4.69, 9.17) is 5.10 Å². The zero-order valence-corrected chi connectivity index (χ0v) is 16.1. The van der Waals surface area contributed by atoms with Crippen molar-refractivity contribution in [3.05, 3.63) is 52.5 Å². The number of rotatable bonds is 2. The van der Waals surface area contributed by atoms with Crippen molar-refractivity contribution in [3.63, 3.8) is 0 Å². The summed E-state index contributed by atoms with van der Waals surface area (Å²) >= 11 is 0. The van der Waals surface area contributed by atoms with Gasteiger partial charge in [-0.05, 0) is 31.0 Å². The highest BCUT2D eigenvalue weighted by molar-refractivity contribution is 5.96. The summed E-state index contributed by atoms with van der Waals surface area (Å²) in [5.41, 5.74) is 4.13. The van der Waals surface area contributed by atoms with Gasteiger partial charge in [-0.15, -0.1) is 0 Å². The molecule has 1 fully saturated rings. The van der Waals surface area contributed by atoms with Crippen LogP contribution in [0, 0.1) is 11.6 Å². The molecule has 2 aromatic heterocycles. The average Bonchev–Trinajstić information content (AvgIpc) is 3.20. The molecule has 29 heavy (non-hydrogen) atoms. The third kappa shape index (κ3) is 2.41. The van der Waals surface area contributed by atoms with Crippen molar-refractivity contribution in [1.82, 2.24) is 24.6 Å². The zero-order chi connectivity index (χ0) is 19.9. The average molecular weight is 397 g/mol. The van der Waals surface area contributed by atoms with Crippen molar-refractivity contribution in [1.29, 1.82) is 0 Å². The second-order valence-electron chi connectivity index (χ2n) is 8.60. The quantitative estimate of drug-likeness (QED) is 0.724. The Kier molecular flexibility index (Phi) is 3.35. The van der Waals surface area contributed by atoms with Gasteiger partial charge in [0.25, 0.3) is 5.91 Å². The van der Waals surface area contributed by atoms with Gasteiger partial charge in [0.15, 0.2) is 11.6 Å². The van der Waals surface area contributed by atoms with E-state index in [2.05, 4.69) is 9.88 Å². The topological polar surface area (TPSA) is 57.2 Å². The molecule has 0 atom stereocenters. The number of hydrogen-bond acceptors (Lipinski definition) is 3. The number of benzene rings is 1. The van der Waals surface area contributed by atoms with Crippen molar-refractivity contribution in [2.24, 2.45) is 0 Å². The number of H-pyrrole nitrogens is 1. The number of aromatic nitrogens is 3. The molecule has 6 rings (SSSR count). The van der Waals surface area contributed by atoms with E-state index in [9.17, 15) is 13.6 Å². The maximum absolute atomic E-state index is 14.0. The molecule has 1 amide bonds. The molecule has 150 valence electrons. The standard InChI is InChI=1S/C21H21F2N5O/c1-26-20(29)19-14-10-27(7-4-17(14)25-28(19)11-21(26)5-6-21)9-12-8-13-16(24-12)3-2-15(22)18(13)23/h2-3,8,24H,4-7,9-11H2,1H3. The predicted molar refractivity (Wildman–Crippen MR) is 102 cm³/mol. The monoisotopic (exact) mass is 397 g/mol. The molecular weight excluding hydrogens is 376 g/mol. The molecule has 1 aromatic carbocycles. The lowest BCUT2D eigenvalue weighted by atomic mass is 10.0. The van der Waals surface area contributed by atoms with Crippen molar-refractivity contribution in [3.8, 4) is 0 Å². The lowest BCUT2D eigenvalue weighted by molar-refractivity contribution is 0.0609. The summed E-state index contributed by atoms with van der Waals surface area (Å²) < 4.78 is 29.4. The summed E-state index contributed by atoms with van der Waals surface area (Å²) in [6.45, 7) is 2.80. The first-order valence-electron chi connectivity index (χ1n) is 10.00. The molecule has 4 heterocycles. The second kappa shape index (κ2) is 5.66. The summed E-state index contributed by atoms with van der Waals surface area (Å²) in [5.74, 6) is -1.60. The predicted octanol–water partition coefficient (Wildman–Crippen LogP) is 2.82. The maximum atomic E-state index is 14.0. The number of fused-ring (bicyclic) bond motifs is 4.